The quantitative estimate of drug-likeness (QED) is 0.561. The molecule has 0 aliphatic heterocycles. The summed E-state index contributed by atoms with van der Waals surface area (Å²) in [4.78, 5) is 20.6. The standard InChI is InChI=1S/C18H13ClIN3O2/c19-14-4-3-13(10-15(14)20)18(24)23-17-16(2-1-7-22-17)25-11-12-5-8-21-9-6-12/h1-10H,11H2,(H,22,23,24). The van der Waals surface area contributed by atoms with E-state index in [0.29, 0.717) is 28.8 Å². The summed E-state index contributed by atoms with van der Waals surface area (Å²) in [7, 11) is 0. The van der Waals surface area contributed by atoms with Gasteiger partial charge in [0.15, 0.2) is 11.6 Å². The molecule has 2 heterocycles. The Kier molecular flexibility index (Phi) is 5.83. The Morgan fingerprint density at radius 1 is 1.16 bits per heavy atom. The lowest BCUT2D eigenvalue weighted by atomic mass is 10.2. The smallest absolute Gasteiger partial charge is 0.256 e. The van der Waals surface area contributed by atoms with Gasteiger partial charge in [-0.1, -0.05) is 11.6 Å². The minimum atomic E-state index is -0.276. The van der Waals surface area contributed by atoms with Crippen LogP contribution >= 0.6 is 34.2 Å². The minimum absolute atomic E-state index is 0.276. The van der Waals surface area contributed by atoms with Gasteiger partial charge in [0.05, 0.1) is 5.02 Å². The molecule has 0 spiro atoms. The first kappa shape index (κ1) is 17.6. The molecule has 0 radical (unpaired) electrons. The number of amides is 1. The predicted octanol–water partition coefficient (Wildman–Crippen LogP) is 4.57. The molecule has 0 atom stereocenters. The van der Waals surface area contributed by atoms with E-state index in [4.69, 9.17) is 16.3 Å². The van der Waals surface area contributed by atoms with Gasteiger partial charge in [0, 0.05) is 27.7 Å². The van der Waals surface area contributed by atoms with Crippen molar-refractivity contribution in [2.24, 2.45) is 0 Å². The minimum Gasteiger partial charge on any atom is -0.485 e. The SMILES string of the molecule is O=C(Nc1ncccc1OCc1ccncc1)c1ccc(Cl)c(I)c1. The van der Waals surface area contributed by atoms with Gasteiger partial charge < -0.3 is 10.1 Å². The number of carbonyl (C=O) groups is 1. The van der Waals surface area contributed by atoms with Crippen LogP contribution in [0.4, 0.5) is 5.82 Å². The van der Waals surface area contributed by atoms with E-state index in [0.717, 1.165) is 9.13 Å². The van der Waals surface area contributed by atoms with Crippen molar-refractivity contribution >= 4 is 45.9 Å². The van der Waals surface area contributed by atoms with Crippen molar-refractivity contribution in [1.29, 1.82) is 0 Å². The average Bonchev–Trinajstić information content (AvgIpc) is 2.64. The highest BCUT2D eigenvalue weighted by Crippen LogP contribution is 2.24. The van der Waals surface area contributed by atoms with Crippen LogP contribution in [0.3, 0.4) is 0 Å². The number of benzene rings is 1. The maximum atomic E-state index is 12.4. The third-order valence-corrected chi connectivity index (χ3v) is 4.87. The summed E-state index contributed by atoms with van der Waals surface area (Å²) in [6.07, 6.45) is 5.00. The van der Waals surface area contributed by atoms with E-state index >= 15 is 0 Å². The molecule has 0 unspecified atom stereocenters. The molecule has 0 aliphatic carbocycles. The van der Waals surface area contributed by atoms with Gasteiger partial charge in [0.1, 0.15) is 6.61 Å². The maximum absolute atomic E-state index is 12.4. The maximum Gasteiger partial charge on any atom is 0.256 e. The first-order valence-corrected chi connectivity index (χ1v) is 8.82. The number of hydrogen-bond donors (Lipinski definition) is 1. The highest BCUT2D eigenvalue weighted by Gasteiger charge is 2.12. The average molecular weight is 466 g/mol. The molecule has 2 aromatic heterocycles. The Morgan fingerprint density at radius 3 is 2.72 bits per heavy atom. The van der Waals surface area contributed by atoms with Crippen molar-refractivity contribution in [3.8, 4) is 5.75 Å². The number of nitrogens with one attached hydrogen (secondary N) is 1. The van der Waals surface area contributed by atoms with Crippen LogP contribution in [0.15, 0.2) is 61.1 Å². The number of nitrogens with zero attached hydrogens (tertiary/aromatic N) is 2. The first-order chi connectivity index (χ1) is 12.1. The first-order valence-electron chi connectivity index (χ1n) is 7.36. The van der Waals surface area contributed by atoms with E-state index in [-0.39, 0.29) is 5.91 Å². The van der Waals surface area contributed by atoms with Crippen molar-refractivity contribution in [3.63, 3.8) is 0 Å². The molecule has 0 saturated heterocycles. The fraction of sp³-hybridized carbons (Fsp3) is 0.0556. The lowest BCUT2D eigenvalue weighted by Gasteiger charge is -2.11. The number of ether oxygens (including phenoxy) is 1. The number of hydrogen-bond acceptors (Lipinski definition) is 4. The summed E-state index contributed by atoms with van der Waals surface area (Å²) in [5.41, 5.74) is 1.47. The van der Waals surface area contributed by atoms with Crippen LogP contribution in [-0.4, -0.2) is 15.9 Å². The van der Waals surface area contributed by atoms with E-state index in [1.165, 1.54) is 0 Å². The molecule has 1 N–H and O–H groups in total. The Labute approximate surface area is 163 Å². The number of pyridine rings is 2. The van der Waals surface area contributed by atoms with Crippen molar-refractivity contribution < 1.29 is 9.53 Å². The molecular formula is C18H13ClIN3O2. The Hall–Kier alpha value is -2.19. The number of anilines is 1. The molecule has 1 aromatic carbocycles. The fourth-order valence-corrected chi connectivity index (χ4v) is 2.69. The topological polar surface area (TPSA) is 64.1 Å². The molecule has 1 amide bonds. The number of rotatable bonds is 5. The predicted molar refractivity (Wildman–Crippen MR) is 105 cm³/mol. The zero-order valence-electron chi connectivity index (χ0n) is 12.9. The van der Waals surface area contributed by atoms with Crippen molar-refractivity contribution in [3.05, 3.63) is 80.8 Å². The molecule has 3 aromatic rings. The van der Waals surface area contributed by atoms with Crippen molar-refractivity contribution in [2.75, 3.05) is 5.32 Å². The number of halogens is 2. The monoisotopic (exact) mass is 465 g/mol. The van der Waals surface area contributed by atoms with Crippen LogP contribution in [0, 0.1) is 3.57 Å². The number of aromatic nitrogens is 2. The lowest BCUT2D eigenvalue weighted by Crippen LogP contribution is -2.14. The zero-order valence-corrected chi connectivity index (χ0v) is 15.9. The van der Waals surface area contributed by atoms with Crippen molar-refractivity contribution in [1.82, 2.24) is 9.97 Å². The summed E-state index contributed by atoms with van der Waals surface area (Å²) >= 11 is 8.08. The molecule has 126 valence electrons. The molecule has 0 saturated carbocycles. The van der Waals surface area contributed by atoms with Crippen LogP contribution in [0.2, 0.25) is 5.02 Å². The molecule has 0 fully saturated rings. The summed E-state index contributed by atoms with van der Waals surface area (Å²) in [6, 6.07) is 12.3. The van der Waals surface area contributed by atoms with Gasteiger partial charge in [-0.3, -0.25) is 9.78 Å². The van der Waals surface area contributed by atoms with Gasteiger partial charge in [0.2, 0.25) is 0 Å². The van der Waals surface area contributed by atoms with Gasteiger partial charge in [-0.2, -0.15) is 0 Å². The van der Waals surface area contributed by atoms with Crippen LogP contribution in [0.5, 0.6) is 5.75 Å². The highest BCUT2D eigenvalue weighted by molar-refractivity contribution is 14.1. The molecule has 25 heavy (non-hydrogen) atoms. The Morgan fingerprint density at radius 2 is 1.96 bits per heavy atom. The van der Waals surface area contributed by atoms with E-state index in [1.54, 1.807) is 48.9 Å². The Balaban J connectivity index is 1.74. The Bertz CT molecular complexity index is 890. The summed E-state index contributed by atoms with van der Waals surface area (Å²) in [5.74, 6) is 0.588. The largest absolute Gasteiger partial charge is 0.485 e. The van der Waals surface area contributed by atoms with E-state index in [9.17, 15) is 4.79 Å². The van der Waals surface area contributed by atoms with Gasteiger partial charge in [0.25, 0.3) is 5.91 Å². The molecular weight excluding hydrogens is 453 g/mol. The molecule has 7 heteroatoms. The van der Waals surface area contributed by atoms with Gasteiger partial charge in [-0.25, -0.2) is 4.98 Å². The second-order valence-corrected chi connectivity index (χ2v) is 6.65. The van der Waals surface area contributed by atoms with Gasteiger partial charge >= 0.3 is 0 Å². The second kappa shape index (κ2) is 8.26. The molecule has 3 rings (SSSR count). The van der Waals surface area contributed by atoms with Crippen LogP contribution < -0.4 is 10.1 Å². The van der Waals surface area contributed by atoms with E-state index in [1.807, 2.05) is 12.1 Å². The third kappa shape index (κ3) is 4.67. The zero-order chi connectivity index (χ0) is 17.6. The van der Waals surface area contributed by atoms with Crippen molar-refractivity contribution in [2.45, 2.75) is 6.61 Å². The normalized spacial score (nSPS) is 10.3. The molecule has 0 aliphatic rings. The van der Waals surface area contributed by atoms with E-state index in [2.05, 4.69) is 37.9 Å². The second-order valence-electron chi connectivity index (χ2n) is 5.08. The van der Waals surface area contributed by atoms with E-state index < -0.39 is 0 Å². The summed E-state index contributed by atoms with van der Waals surface area (Å²) in [6.45, 7) is 0.357. The highest BCUT2D eigenvalue weighted by atomic mass is 127. The van der Waals surface area contributed by atoms with Crippen LogP contribution in [0.25, 0.3) is 0 Å². The molecule has 5 nitrogen and oxygen atoms in total. The summed E-state index contributed by atoms with van der Waals surface area (Å²) < 4.78 is 6.58. The lowest BCUT2D eigenvalue weighted by molar-refractivity contribution is 0.102. The fourth-order valence-electron chi connectivity index (χ4n) is 2.06. The molecule has 0 bridgehead atoms. The third-order valence-electron chi connectivity index (χ3n) is 3.33. The van der Waals surface area contributed by atoms with Crippen LogP contribution in [-0.2, 0) is 6.61 Å². The van der Waals surface area contributed by atoms with Crippen LogP contribution in [0.1, 0.15) is 15.9 Å². The van der Waals surface area contributed by atoms with Gasteiger partial charge in [-0.05, 0) is 70.6 Å². The number of carbonyl (C=O) groups excluding carboxylic acids is 1. The summed E-state index contributed by atoms with van der Waals surface area (Å²) in [5, 5.41) is 3.38. The van der Waals surface area contributed by atoms with Gasteiger partial charge in [-0.15, -0.1) is 0 Å².